The minimum absolute atomic E-state index is 0.0908. The molecule has 0 aromatic heterocycles. The Morgan fingerprint density at radius 1 is 1.54 bits per heavy atom. The van der Waals surface area contributed by atoms with Crippen LogP contribution in [0.15, 0.2) is 18.2 Å². The average molecular weight is 185 g/mol. The number of rotatable bonds is 3. The van der Waals surface area contributed by atoms with Crippen molar-refractivity contribution in [2.45, 2.75) is 6.42 Å². The van der Waals surface area contributed by atoms with Gasteiger partial charge < -0.3 is 5.11 Å². The SMILES string of the molecule is O=[N+]([O-])c1cccc(CCO)c1F. The second-order valence-electron chi connectivity index (χ2n) is 2.48. The van der Waals surface area contributed by atoms with Gasteiger partial charge in [0.2, 0.25) is 5.82 Å². The summed E-state index contributed by atoms with van der Waals surface area (Å²) in [5.74, 6) is -0.860. The summed E-state index contributed by atoms with van der Waals surface area (Å²) in [7, 11) is 0. The number of aliphatic hydroxyl groups excluding tert-OH is 1. The van der Waals surface area contributed by atoms with Crippen molar-refractivity contribution in [2.75, 3.05) is 6.61 Å². The third-order valence-corrected chi connectivity index (χ3v) is 1.64. The molecule has 0 saturated heterocycles. The Hall–Kier alpha value is -1.49. The highest BCUT2D eigenvalue weighted by atomic mass is 19.1. The molecule has 1 aromatic carbocycles. The largest absolute Gasteiger partial charge is 0.396 e. The van der Waals surface area contributed by atoms with Gasteiger partial charge in [-0.2, -0.15) is 4.39 Å². The quantitative estimate of drug-likeness (QED) is 0.569. The van der Waals surface area contributed by atoms with Crippen LogP contribution in [0.3, 0.4) is 0 Å². The van der Waals surface area contributed by atoms with E-state index in [0.717, 1.165) is 6.07 Å². The van der Waals surface area contributed by atoms with E-state index in [1.54, 1.807) is 0 Å². The molecular weight excluding hydrogens is 177 g/mol. The fraction of sp³-hybridized carbons (Fsp3) is 0.250. The molecule has 1 N–H and O–H groups in total. The molecule has 0 saturated carbocycles. The lowest BCUT2D eigenvalue weighted by Gasteiger charge is -2.00. The third kappa shape index (κ3) is 2.00. The smallest absolute Gasteiger partial charge is 0.305 e. The van der Waals surface area contributed by atoms with Crippen LogP contribution in [-0.2, 0) is 6.42 Å². The maximum atomic E-state index is 13.2. The van der Waals surface area contributed by atoms with Crippen molar-refractivity contribution in [2.24, 2.45) is 0 Å². The zero-order valence-electron chi connectivity index (χ0n) is 6.74. The van der Waals surface area contributed by atoms with Crippen molar-refractivity contribution in [1.82, 2.24) is 0 Å². The molecule has 0 heterocycles. The van der Waals surface area contributed by atoms with E-state index < -0.39 is 16.4 Å². The first-order valence-corrected chi connectivity index (χ1v) is 3.69. The maximum Gasteiger partial charge on any atom is 0.305 e. The summed E-state index contributed by atoms with van der Waals surface area (Å²) in [5.41, 5.74) is -0.386. The summed E-state index contributed by atoms with van der Waals surface area (Å²) in [5, 5.41) is 18.8. The van der Waals surface area contributed by atoms with Gasteiger partial charge in [-0.05, 0) is 12.0 Å². The number of halogens is 1. The minimum Gasteiger partial charge on any atom is -0.396 e. The van der Waals surface area contributed by atoms with Crippen molar-refractivity contribution in [3.05, 3.63) is 39.7 Å². The molecule has 0 aliphatic rings. The van der Waals surface area contributed by atoms with Gasteiger partial charge in [0.15, 0.2) is 0 Å². The first kappa shape index (κ1) is 9.60. The lowest BCUT2D eigenvalue weighted by Crippen LogP contribution is -1.99. The molecule has 0 fully saturated rings. The average Bonchev–Trinajstić information content (AvgIpc) is 2.08. The molecule has 4 nitrogen and oxygen atoms in total. The van der Waals surface area contributed by atoms with E-state index in [2.05, 4.69) is 0 Å². The highest BCUT2D eigenvalue weighted by molar-refractivity contribution is 5.36. The van der Waals surface area contributed by atoms with E-state index in [-0.39, 0.29) is 18.6 Å². The van der Waals surface area contributed by atoms with Crippen molar-refractivity contribution in [1.29, 1.82) is 0 Å². The number of aliphatic hydroxyl groups is 1. The molecular formula is C8H8FNO3. The first-order chi connectivity index (χ1) is 6.16. The molecule has 5 heteroatoms. The van der Waals surface area contributed by atoms with E-state index in [1.807, 2.05) is 0 Å². The summed E-state index contributed by atoms with van der Waals surface area (Å²) in [6, 6.07) is 3.90. The topological polar surface area (TPSA) is 63.4 Å². The molecule has 1 aromatic rings. The fourth-order valence-corrected chi connectivity index (χ4v) is 1.02. The van der Waals surface area contributed by atoms with Crippen LogP contribution >= 0.6 is 0 Å². The molecule has 0 amide bonds. The summed E-state index contributed by atoms with van der Waals surface area (Å²) < 4.78 is 13.2. The van der Waals surface area contributed by atoms with Gasteiger partial charge in [0, 0.05) is 12.7 Å². The summed E-state index contributed by atoms with van der Waals surface area (Å²) >= 11 is 0. The number of benzene rings is 1. The number of hydrogen-bond donors (Lipinski definition) is 1. The van der Waals surface area contributed by atoms with Crippen LogP contribution in [0.5, 0.6) is 0 Å². The monoisotopic (exact) mass is 185 g/mol. The Morgan fingerprint density at radius 3 is 2.77 bits per heavy atom. The Morgan fingerprint density at radius 2 is 2.23 bits per heavy atom. The van der Waals surface area contributed by atoms with E-state index in [9.17, 15) is 14.5 Å². The predicted octanol–water partition coefficient (Wildman–Crippen LogP) is 1.27. The highest BCUT2D eigenvalue weighted by Crippen LogP contribution is 2.20. The molecule has 0 radical (unpaired) electrons. The van der Waals surface area contributed by atoms with Gasteiger partial charge >= 0.3 is 5.69 Å². The van der Waals surface area contributed by atoms with Gasteiger partial charge in [0.1, 0.15) is 0 Å². The second kappa shape index (κ2) is 3.95. The van der Waals surface area contributed by atoms with Gasteiger partial charge in [-0.25, -0.2) is 0 Å². The number of nitrogens with zero attached hydrogens (tertiary/aromatic N) is 1. The molecule has 0 aliphatic heterocycles. The second-order valence-corrected chi connectivity index (χ2v) is 2.48. The molecule has 70 valence electrons. The maximum absolute atomic E-state index is 13.2. The molecule has 13 heavy (non-hydrogen) atoms. The van der Waals surface area contributed by atoms with Gasteiger partial charge in [-0.3, -0.25) is 10.1 Å². The summed E-state index contributed by atoms with van der Waals surface area (Å²) in [6.07, 6.45) is 0.0908. The molecule has 0 unspecified atom stereocenters. The zero-order chi connectivity index (χ0) is 9.84. The van der Waals surface area contributed by atoms with E-state index >= 15 is 0 Å². The van der Waals surface area contributed by atoms with Gasteiger partial charge in [0.05, 0.1) is 4.92 Å². The van der Waals surface area contributed by atoms with Crippen molar-refractivity contribution >= 4 is 5.69 Å². The van der Waals surface area contributed by atoms with Crippen LogP contribution in [0, 0.1) is 15.9 Å². The lowest BCUT2D eigenvalue weighted by molar-refractivity contribution is -0.387. The molecule has 0 spiro atoms. The Balaban J connectivity index is 3.10. The fourth-order valence-electron chi connectivity index (χ4n) is 1.02. The van der Waals surface area contributed by atoms with E-state index in [1.165, 1.54) is 12.1 Å². The minimum atomic E-state index is -0.860. The Kier molecular flexibility index (Phi) is 2.92. The van der Waals surface area contributed by atoms with Gasteiger partial charge in [-0.15, -0.1) is 0 Å². The lowest BCUT2D eigenvalue weighted by atomic mass is 10.1. The Labute approximate surface area is 73.8 Å². The van der Waals surface area contributed by atoms with Gasteiger partial charge in [-0.1, -0.05) is 12.1 Å². The standard InChI is InChI=1S/C8H8FNO3/c9-8-6(4-5-11)2-1-3-7(8)10(12)13/h1-3,11H,4-5H2. The van der Waals surface area contributed by atoms with E-state index in [0.29, 0.717) is 0 Å². The van der Waals surface area contributed by atoms with Crippen molar-refractivity contribution in [3.8, 4) is 0 Å². The molecule has 0 atom stereocenters. The summed E-state index contributed by atoms with van der Waals surface area (Å²) in [6.45, 7) is -0.224. The van der Waals surface area contributed by atoms with Gasteiger partial charge in [0.25, 0.3) is 0 Å². The first-order valence-electron chi connectivity index (χ1n) is 3.69. The normalized spacial score (nSPS) is 10.0. The Bertz CT molecular complexity index is 327. The predicted molar refractivity (Wildman–Crippen MR) is 43.8 cm³/mol. The van der Waals surface area contributed by atoms with Crippen LogP contribution in [0.4, 0.5) is 10.1 Å². The molecule has 0 aliphatic carbocycles. The molecule has 0 bridgehead atoms. The zero-order valence-corrected chi connectivity index (χ0v) is 6.74. The molecule has 1 rings (SSSR count). The van der Waals surface area contributed by atoms with Crippen LogP contribution < -0.4 is 0 Å². The highest BCUT2D eigenvalue weighted by Gasteiger charge is 2.16. The van der Waals surface area contributed by atoms with Crippen LogP contribution in [0.2, 0.25) is 0 Å². The number of nitro benzene ring substituents is 1. The number of hydrogen-bond acceptors (Lipinski definition) is 3. The van der Waals surface area contributed by atoms with Crippen molar-refractivity contribution in [3.63, 3.8) is 0 Å². The van der Waals surface area contributed by atoms with Crippen molar-refractivity contribution < 1.29 is 14.4 Å². The van der Waals surface area contributed by atoms with Crippen LogP contribution in [0.1, 0.15) is 5.56 Å². The van der Waals surface area contributed by atoms with Crippen LogP contribution in [0.25, 0.3) is 0 Å². The van der Waals surface area contributed by atoms with E-state index in [4.69, 9.17) is 5.11 Å². The number of nitro groups is 1. The van der Waals surface area contributed by atoms with Crippen LogP contribution in [-0.4, -0.2) is 16.6 Å². The summed E-state index contributed by atoms with van der Waals surface area (Å²) in [4.78, 5) is 9.50. The third-order valence-electron chi connectivity index (χ3n) is 1.64.